The third-order valence-electron chi connectivity index (χ3n) is 3.05. The molecule has 1 aromatic rings. The average Bonchev–Trinajstić information content (AvgIpc) is 2.30. The molecule has 8 N–H and O–H groups in total. The normalized spacial score (nSPS) is 15.3. The fraction of sp³-hybridized carbons (Fsp3) is 0.385. The van der Waals surface area contributed by atoms with Gasteiger partial charge in [-0.3, -0.25) is 9.59 Å². The lowest BCUT2D eigenvalue weighted by molar-refractivity contribution is -0.118. The Morgan fingerprint density at radius 2 is 1.35 bits per heavy atom. The van der Waals surface area contributed by atoms with E-state index >= 15 is 0 Å². The van der Waals surface area contributed by atoms with Crippen molar-refractivity contribution in [3.63, 3.8) is 0 Å². The van der Waals surface area contributed by atoms with Crippen LogP contribution in [0.1, 0.15) is 24.3 Å². The summed E-state index contributed by atoms with van der Waals surface area (Å²) < 4.78 is 0.909. The highest BCUT2D eigenvalue weighted by Gasteiger charge is 2.28. The van der Waals surface area contributed by atoms with Gasteiger partial charge in [0.15, 0.2) is 0 Å². The zero-order valence-electron chi connectivity index (χ0n) is 11.0. The lowest BCUT2D eigenvalue weighted by atomic mass is 9.82. The Morgan fingerprint density at radius 1 is 0.950 bits per heavy atom. The topological polar surface area (TPSA) is 138 Å². The van der Waals surface area contributed by atoms with Crippen LogP contribution in [0.2, 0.25) is 0 Å². The van der Waals surface area contributed by atoms with Gasteiger partial charge in [-0.15, -0.1) is 0 Å². The molecule has 1 rings (SSSR count). The van der Waals surface area contributed by atoms with E-state index in [1.807, 2.05) is 24.3 Å². The highest BCUT2D eigenvalue weighted by atomic mass is 79.9. The van der Waals surface area contributed by atoms with Crippen LogP contribution in [0.3, 0.4) is 0 Å². The molecule has 0 aliphatic carbocycles. The monoisotopic (exact) mass is 342 g/mol. The molecule has 0 radical (unpaired) electrons. The van der Waals surface area contributed by atoms with Crippen molar-refractivity contribution >= 4 is 27.7 Å². The van der Waals surface area contributed by atoms with Crippen LogP contribution in [0.15, 0.2) is 28.7 Å². The fourth-order valence-corrected chi connectivity index (χ4v) is 2.48. The Hall–Kier alpha value is -1.44. The van der Waals surface area contributed by atoms with Crippen LogP contribution in [-0.4, -0.2) is 23.9 Å². The minimum absolute atomic E-state index is 0.00675. The molecule has 110 valence electrons. The van der Waals surface area contributed by atoms with E-state index in [9.17, 15) is 9.59 Å². The van der Waals surface area contributed by atoms with E-state index in [0.29, 0.717) is 0 Å². The Morgan fingerprint density at radius 3 is 1.70 bits per heavy atom. The standard InChI is InChI=1S/C13H19BrN4O2/c14-8-3-1-7(2-4-8)13(9(15)5-11(17)19)10(16)6-12(18)20/h1-4,9-10,13H,5-6,15-16H2,(H2,17,19)(H2,18,20). The molecular weight excluding hydrogens is 324 g/mol. The van der Waals surface area contributed by atoms with Gasteiger partial charge in [0.1, 0.15) is 0 Å². The summed E-state index contributed by atoms with van der Waals surface area (Å²) in [6.07, 6.45) is -0.0135. The van der Waals surface area contributed by atoms with E-state index in [0.717, 1.165) is 10.0 Å². The van der Waals surface area contributed by atoms with E-state index in [1.54, 1.807) is 0 Å². The van der Waals surface area contributed by atoms with Gasteiger partial charge in [-0.25, -0.2) is 0 Å². The fourth-order valence-electron chi connectivity index (χ4n) is 2.22. The van der Waals surface area contributed by atoms with Crippen molar-refractivity contribution in [3.8, 4) is 0 Å². The molecule has 0 spiro atoms. The molecule has 0 saturated carbocycles. The average molecular weight is 343 g/mol. The number of amides is 2. The molecule has 0 bridgehead atoms. The van der Waals surface area contributed by atoms with Crippen molar-refractivity contribution in [1.82, 2.24) is 0 Å². The van der Waals surface area contributed by atoms with Crippen LogP contribution in [0.5, 0.6) is 0 Å². The number of carbonyl (C=O) groups excluding carboxylic acids is 2. The number of hydrogen-bond acceptors (Lipinski definition) is 4. The van der Waals surface area contributed by atoms with Crippen molar-refractivity contribution in [2.75, 3.05) is 0 Å². The van der Waals surface area contributed by atoms with Gasteiger partial charge in [0.2, 0.25) is 11.8 Å². The lowest BCUT2D eigenvalue weighted by Gasteiger charge is -2.28. The summed E-state index contributed by atoms with van der Waals surface area (Å²) in [6.45, 7) is 0. The van der Waals surface area contributed by atoms with Crippen LogP contribution >= 0.6 is 15.9 Å². The number of hydrogen-bond donors (Lipinski definition) is 4. The zero-order chi connectivity index (χ0) is 15.3. The first kappa shape index (κ1) is 16.6. The Bertz CT molecular complexity index is 456. The largest absolute Gasteiger partial charge is 0.370 e. The van der Waals surface area contributed by atoms with Crippen LogP contribution < -0.4 is 22.9 Å². The number of carbonyl (C=O) groups is 2. The van der Waals surface area contributed by atoms with E-state index in [-0.39, 0.29) is 18.8 Å². The highest BCUT2D eigenvalue weighted by molar-refractivity contribution is 9.10. The summed E-state index contributed by atoms with van der Waals surface area (Å²) in [5.41, 5.74) is 23.2. The van der Waals surface area contributed by atoms with Crippen LogP contribution in [0.4, 0.5) is 0 Å². The van der Waals surface area contributed by atoms with E-state index in [2.05, 4.69) is 15.9 Å². The van der Waals surface area contributed by atoms with Gasteiger partial charge < -0.3 is 22.9 Å². The quantitative estimate of drug-likeness (QED) is 0.551. The number of primary amides is 2. The SMILES string of the molecule is NC(=O)CC(N)C(c1ccc(Br)cc1)C(N)CC(N)=O. The molecule has 0 aliphatic heterocycles. The minimum Gasteiger partial charge on any atom is -0.370 e. The Labute approximate surface area is 126 Å². The first-order chi connectivity index (χ1) is 9.31. The van der Waals surface area contributed by atoms with Gasteiger partial charge in [-0.1, -0.05) is 28.1 Å². The Balaban J connectivity index is 3.02. The molecule has 6 nitrogen and oxygen atoms in total. The molecule has 2 amide bonds. The second kappa shape index (κ2) is 7.37. The first-order valence-corrected chi connectivity index (χ1v) is 6.93. The first-order valence-electron chi connectivity index (χ1n) is 6.14. The third-order valence-corrected chi connectivity index (χ3v) is 3.58. The summed E-state index contributed by atoms with van der Waals surface area (Å²) >= 11 is 3.34. The summed E-state index contributed by atoms with van der Waals surface area (Å²) in [4.78, 5) is 22.1. The third kappa shape index (κ3) is 4.92. The van der Waals surface area contributed by atoms with Crippen molar-refractivity contribution in [1.29, 1.82) is 0 Å². The molecule has 0 saturated heterocycles. The van der Waals surface area contributed by atoms with Crippen molar-refractivity contribution < 1.29 is 9.59 Å². The number of nitrogens with two attached hydrogens (primary N) is 4. The van der Waals surface area contributed by atoms with Gasteiger partial charge in [-0.2, -0.15) is 0 Å². The number of benzene rings is 1. The smallest absolute Gasteiger partial charge is 0.218 e. The molecule has 0 aromatic heterocycles. The highest BCUT2D eigenvalue weighted by Crippen LogP contribution is 2.26. The van der Waals surface area contributed by atoms with Gasteiger partial charge >= 0.3 is 0 Å². The van der Waals surface area contributed by atoms with Crippen molar-refractivity contribution in [3.05, 3.63) is 34.3 Å². The molecule has 0 fully saturated rings. The van der Waals surface area contributed by atoms with Gasteiger partial charge in [-0.05, 0) is 17.7 Å². The van der Waals surface area contributed by atoms with Crippen molar-refractivity contribution in [2.24, 2.45) is 22.9 Å². The molecule has 2 unspecified atom stereocenters. The molecular formula is C13H19BrN4O2. The van der Waals surface area contributed by atoms with Crippen LogP contribution in [0.25, 0.3) is 0 Å². The maximum atomic E-state index is 11.0. The van der Waals surface area contributed by atoms with Crippen LogP contribution in [-0.2, 0) is 9.59 Å². The van der Waals surface area contributed by atoms with Gasteiger partial charge in [0, 0.05) is 35.3 Å². The van der Waals surface area contributed by atoms with Crippen LogP contribution in [0, 0.1) is 0 Å². The summed E-state index contributed by atoms with van der Waals surface area (Å²) in [6, 6.07) is 6.24. The van der Waals surface area contributed by atoms with E-state index in [1.165, 1.54) is 0 Å². The predicted molar refractivity (Wildman–Crippen MR) is 80.5 cm³/mol. The van der Waals surface area contributed by atoms with Crippen molar-refractivity contribution in [2.45, 2.75) is 30.8 Å². The van der Waals surface area contributed by atoms with E-state index < -0.39 is 23.9 Å². The maximum Gasteiger partial charge on any atom is 0.218 e. The molecule has 2 atom stereocenters. The number of rotatable bonds is 7. The Kier molecular flexibility index (Phi) is 6.12. The molecule has 0 aliphatic rings. The van der Waals surface area contributed by atoms with Gasteiger partial charge in [0.25, 0.3) is 0 Å². The zero-order valence-corrected chi connectivity index (χ0v) is 12.5. The minimum atomic E-state index is -0.567. The number of halogens is 1. The maximum absolute atomic E-state index is 11.0. The second-order valence-electron chi connectivity index (χ2n) is 4.75. The summed E-state index contributed by atoms with van der Waals surface area (Å²) in [5, 5.41) is 0. The second-order valence-corrected chi connectivity index (χ2v) is 5.66. The molecule has 7 heteroatoms. The predicted octanol–water partition coefficient (Wildman–Crippen LogP) is -0.0619. The summed E-state index contributed by atoms with van der Waals surface area (Å²) in [5.74, 6) is -1.39. The lowest BCUT2D eigenvalue weighted by Crippen LogP contribution is -2.44. The summed E-state index contributed by atoms with van der Waals surface area (Å²) in [7, 11) is 0. The molecule has 0 heterocycles. The molecule has 20 heavy (non-hydrogen) atoms. The molecule has 1 aromatic carbocycles. The van der Waals surface area contributed by atoms with Gasteiger partial charge in [0.05, 0.1) is 0 Å². The van der Waals surface area contributed by atoms with E-state index in [4.69, 9.17) is 22.9 Å².